The summed E-state index contributed by atoms with van der Waals surface area (Å²) in [4.78, 5) is 11.9. The van der Waals surface area contributed by atoms with Gasteiger partial charge >= 0.3 is 0 Å². The Bertz CT molecular complexity index is 248. The molecular formula is C12H22N2O. The van der Waals surface area contributed by atoms with Crippen LogP contribution in [0.2, 0.25) is 0 Å². The lowest BCUT2D eigenvalue weighted by atomic mass is 9.86. The van der Waals surface area contributed by atoms with Crippen LogP contribution in [0.3, 0.4) is 0 Å². The lowest BCUT2D eigenvalue weighted by molar-refractivity contribution is -0.127. The van der Waals surface area contributed by atoms with Crippen molar-refractivity contribution in [1.82, 2.24) is 5.32 Å². The molecule has 0 heterocycles. The van der Waals surface area contributed by atoms with Crippen LogP contribution in [0, 0.1) is 11.3 Å². The monoisotopic (exact) mass is 210 g/mol. The number of carbonyl (C=O) groups is 1. The van der Waals surface area contributed by atoms with Crippen molar-refractivity contribution in [2.45, 2.75) is 51.5 Å². The summed E-state index contributed by atoms with van der Waals surface area (Å²) in [6.45, 7) is 2.79. The van der Waals surface area contributed by atoms with Gasteiger partial charge < -0.3 is 11.1 Å². The Hall–Kier alpha value is -0.570. The van der Waals surface area contributed by atoms with Gasteiger partial charge in [-0.2, -0.15) is 0 Å². The van der Waals surface area contributed by atoms with Crippen LogP contribution in [0.1, 0.15) is 45.4 Å². The van der Waals surface area contributed by atoms with E-state index in [2.05, 4.69) is 12.2 Å². The zero-order valence-corrected chi connectivity index (χ0v) is 9.59. The zero-order chi connectivity index (χ0) is 10.9. The van der Waals surface area contributed by atoms with Gasteiger partial charge in [-0.15, -0.1) is 0 Å². The normalized spacial score (nSPS) is 33.5. The number of hydrogen-bond donors (Lipinski definition) is 2. The first-order chi connectivity index (χ1) is 7.16. The first-order valence-corrected chi connectivity index (χ1v) is 6.17. The standard InChI is InChI=1S/C12H22N2O/c1-9-3-2-4-10(7-9)14-11(15)12(8-13)5-6-12/h9-10H,2-8,13H2,1H3,(H,14,15). The van der Waals surface area contributed by atoms with Crippen molar-refractivity contribution in [3.05, 3.63) is 0 Å². The van der Waals surface area contributed by atoms with Crippen molar-refractivity contribution < 1.29 is 4.79 Å². The van der Waals surface area contributed by atoms with E-state index in [1.807, 2.05) is 0 Å². The number of rotatable bonds is 3. The lowest BCUT2D eigenvalue weighted by Gasteiger charge is -2.28. The molecule has 15 heavy (non-hydrogen) atoms. The van der Waals surface area contributed by atoms with Crippen LogP contribution in [-0.2, 0) is 4.79 Å². The van der Waals surface area contributed by atoms with Gasteiger partial charge in [0.2, 0.25) is 5.91 Å². The molecule has 0 aromatic rings. The van der Waals surface area contributed by atoms with Gasteiger partial charge in [0.05, 0.1) is 5.41 Å². The zero-order valence-electron chi connectivity index (χ0n) is 9.59. The third-order valence-corrected chi connectivity index (χ3v) is 4.00. The average Bonchev–Trinajstić information content (AvgIpc) is 2.98. The minimum Gasteiger partial charge on any atom is -0.353 e. The van der Waals surface area contributed by atoms with Gasteiger partial charge in [-0.05, 0) is 31.6 Å². The fourth-order valence-electron chi connectivity index (χ4n) is 2.58. The summed E-state index contributed by atoms with van der Waals surface area (Å²) in [5, 5.41) is 3.18. The molecule has 3 nitrogen and oxygen atoms in total. The third kappa shape index (κ3) is 2.33. The van der Waals surface area contributed by atoms with Gasteiger partial charge in [0.15, 0.2) is 0 Å². The maximum absolute atomic E-state index is 11.9. The Morgan fingerprint density at radius 1 is 1.47 bits per heavy atom. The molecule has 1 amide bonds. The molecule has 2 rings (SSSR count). The van der Waals surface area contributed by atoms with Crippen molar-refractivity contribution in [2.24, 2.45) is 17.1 Å². The van der Waals surface area contributed by atoms with Gasteiger partial charge in [-0.1, -0.05) is 19.8 Å². The highest BCUT2D eigenvalue weighted by molar-refractivity contribution is 5.85. The molecule has 2 aliphatic carbocycles. The average molecular weight is 210 g/mol. The number of amides is 1. The van der Waals surface area contributed by atoms with E-state index in [0.29, 0.717) is 12.6 Å². The van der Waals surface area contributed by atoms with Crippen molar-refractivity contribution in [1.29, 1.82) is 0 Å². The molecular weight excluding hydrogens is 188 g/mol. The molecule has 0 radical (unpaired) electrons. The molecule has 2 fully saturated rings. The SMILES string of the molecule is CC1CCCC(NC(=O)C2(CN)CC2)C1. The summed E-state index contributed by atoms with van der Waals surface area (Å²) in [5.41, 5.74) is 5.46. The summed E-state index contributed by atoms with van der Waals surface area (Å²) in [6.07, 6.45) is 6.83. The van der Waals surface area contributed by atoms with Gasteiger partial charge in [0, 0.05) is 12.6 Å². The number of carbonyl (C=O) groups excluding carboxylic acids is 1. The molecule has 0 aromatic heterocycles. The van der Waals surface area contributed by atoms with E-state index in [-0.39, 0.29) is 11.3 Å². The van der Waals surface area contributed by atoms with E-state index < -0.39 is 0 Å². The largest absolute Gasteiger partial charge is 0.353 e. The third-order valence-electron chi connectivity index (χ3n) is 4.00. The maximum atomic E-state index is 11.9. The molecule has 0 saturated heterocycles. The highest BCUT2D eigenvalue weighted by Crippen LogP contribution is 2.45. The molecule has 0 spiro atoms. The summed E-state index contributed by atoms with van der Waals surface area (Å²) in [7, 11) is 0. The van der Waals surface area contributed by atoms with E-state index in [9.17, 15) is 4.79 Å². The Kier molecular flexibility index (Phi) is 3.01. The van der Waals surface area contributed by atoms with Crippen LogP contribution in [-0.4, -0.2) is 18.5 Å². The number of nitrogens with one attached hydrogen (secondary N) is 1. The van der Waals surface area contributed by atoms with Crippen LogP contribution in [0.15, 0.2) is 0 Å². The molecule has 2 unspecified atom stereocenters. The number of nitrogens with two attached hydrogens (primary N) is 1. The second-order valence-corrected chi connectivity index (χ2v) is 5.43. The fourth-order valence-corrected chi connectivity index (χ4v) is 2.58. The summed E-state index contributed by atoms with van der Waals surface area (Å²) < 4.78 is 0. The van der Waals surface area contributed by atoms with Crippen molar-refractivity contribution >= 4 is 5.91 Å². The molecule has 3 heteroatoms. The van der Waals surface area contributed by atoms with Crippen molar-refractivity contribution in [3.8, 4) is 0 Å². The first-order valence-electron chi connectivity index (χ1n) is 6.17. The summed E-state index contributed by atoms with van der Waals surface area (Å²) >= 11 is 0. The Labute approximate surface area is 91.8 Å². The maximum Gasteiger partial charge on any atom is 0.227 e. The van der Waals surface area contributed by atoms with E-state index >= 15 is 0 Å². The minimum absolute atomic E-state index is 0.180. The second-order valence-electron chi connectivity index (χ2n) is 5.43. The molecule has 3 N–H and O–H groups in total. The Morgan fingerprint density at radius 3 is 2.73 bits per heavy atom. The van der Waals surface area contributed by atoms with Gasteiger partial charge in [0.25, 0.3) is 0 Å². The smallest absolute Gasteiger partial charge is 0.227 e. The van der Waals surface area contributed by atoms with Crippen molar-refractivity contribution in [2.75, 3.05) is 6.54 Å². The fraction of sp³-hybridized carbons (Fsp3) is 0.917. The van der Waals surface area contributed by atoms with Crippen LogP contribution >= 0.6 is 0 Å². The highest BCUT2D eigenvalue weighted by atomic mass is 16.2. The Morgan fingerprint density at radius 2 is 2.20 bits per heavy atom. The Balaban J connectivity index is 1.83. The molecule has 0 bridgehead atoms. The first kappa shape index (κ1) is 10.9. The molecule has 2 atom stereocenters. The van der Waals surface area contributed by atoms with Crippen LogP contribution in [0.25, 0.3) is 0 Å². The lowest BCUT2D eigenvalue weighted by Crippen LogP contribution is -2.44. The van der Waals surface area contributed by atoms with Crippen LogP contribution in [0.4, 0.5) is 0 Å². The predicted octanol–water partition coefficient (Wildman–Crippen LogP) is 1.42. The van der Waals surface area contributed by atoms with Gasteiger partial charge in [-0.25, -0.2) is 0 Å². The van der Waals surface area contributed by atoms with E-state index in [0.717, 1.165) is 31.6 Å². The topological polar surface area (TPSA) is 55.1 Å². The predicted molar refractivity (Wildman–Crippen MR) is 60.3 cm³/mol. The van der Waals surface area contributed by atoms with E-state index in [4.69, 9.17) is 5.73 Å². The molecule has 86 valence electrons. The molecule has 0 aliphatic heterocycles. The van der Waals surface area contributed by atoms with E-state index in [1.54, 1.807) is 0 Å². The van der Waals surface area contributed by atoms with E-state index in [1.165, 1.54) is 12.8 Å². The van der Waals surface area contributed by atoms with Crippen LogP contribution < -0.4 is 11.1 Å². The highest BCUT2D eigenvalue weighted by Gasteiger charge is 2.48. The molecule has 2 aliphatic rings. The van der Waals surface area contributed by atoms with Crippen molar-refractivity contribution in [3.63, 3.8) is 0 Å². The minimum atomic E-state index is -0.180. The second kappa shape index (κ2) is 4.12. The molecule has 2 saturated carbocycles. The quantitative estimate of drug-likeness (QED) is 0.740. The number of hydrogen-bond acceptors (Lipinski definition) is 2. The summed E-state index contributed by atoms with van der Waals surface area (Å²) in [5.74, 6) is 0.973. The molecule has 0 aromatic carbocycles. The van der Waals surface area contributed by atoms with Gasteiger partial charge in [0.1, 0.15) is 0 Å². The van der Waals surface area contributed by atoms with Gasteiger partial charge in [-0.3, -0.25) is 4.79 Å². The van der Waals surface area contributed by atoms with Crippen LogP contribution in [0.5, 0.6) is 0 Å². The summed E-state index contributed by atoms with van der Waals surface area (Å²) in [6, 6.07) is 0.408.